The highest BCUT2D eigenvalue weighted by Gasteiger charge is 1.97. The Kier molecular flexibility index (Phi) is 2.74. The summed E-state index contributed by atoms with van der Waals surface area (Å²) in [5.41, 5.74) is 0.546. The zero-order valence-corrected chi connectivity index (χ0v) is 6.58. The zero-order valence-electron chi connectivity index (χ0n) is 6.58. The highest BCUT2D eigenvalue weighted by atomic mass is 19.1. The molecule has 0 aliphatic carbocycles. The molecule has 1 aromatic rings. The van der Waals surface area contributed by atoms with E-state index < -0.39 is 5.82 Å². The smallest absolute Gasteiger partial charge is 0.302 e. The van der Waals surface area contributed by atoms with Gasteiger partial charge in [0, 0.05) is 18.7 Å². The van der Waals surface area contributed by atoms with Gasteiger partial charge in [0.15, 0.2) is 0 Å². The van der Waals surface area contributed by atoms with Crippen LogP contribution >= 0.6 is 0 Å². The van der Waals surface area contributed by atoms with Crippen LogP contribution in [0.25, 0.3) is 0 Å². The second-order valence-electron chi connectivity index (χ2n) is 2.29. The van der Waals surface area contributed by atoms with Crippen LogP contribution in [-0.2, 0) is 16.1 Å². The SMILES string of the molecule is CC(=O)OCc1cncc(F)c1. The first-order valence-corrected chi connectivity index (χ1v) is 3.41. The van der Waals surface area contributed by atoms with Crippen LogP contribution in [0.3, 0.4) is 0 Å². The minimum atomic E-state index is -0.431. The molecule has 0 N–H and O–H groups in total. The van der Waals surface area contributed by atoms with Crippen molar-refractivity contribution in [3.63, 3.8) is 0 Å². The van der Waals surface area contributed by atoms with Crippen molar-refractivity contribution < 1.29 is 13.9 Å². The van der Waals surface area contributed by atoms with E-state index in [0.717, 1.165) is 6.20 Å². The van der Waals surface area contributed by atoms with Gasteiger partial charge in [0.1, 0.15) is 12.4 Å². The quantitative estimate of drug-likeness (QED) is 0.626. The minimum absolute atomic E-state index is 0.0695. The zero-order chi connectivity index (χ0) is 8.97. The van der Waals surface area contributed by atoms with Gasteiger partial charge in [0.25, 0.3) is 0 Å². The van der Waals surface area contributed by atoms with E-state index >= 15 is 0 Å². The van der Waals surface area contributed by atoms with Crippen LogP contribution in [0.2, 0.25) is 0 Å². The number of carbonyl (C=O) groups excluding carboxylic acids is 1. The summed E-state index contributed by atoms with van der Waals surface area (Å²) in [4.78, 5) is 14.0. The Morgan fingerprint density at radius 3 is 3.00 bits per heavy atom. The fourth-order valence-electron chi connectivity index (χ4n) is 0.720. The average molecular weight is 169 g/mol. The lowest BCUT2D eigenvalue weighted by Gasteiger charge is -2.00. The highest BCUT2D eigenvalue weighted by Crippen LogP contribution is 2.02. The van der Waals surface area contributed by atoms with Gasteiger partial charge in [-0.3, -0.25) is 9.78 Å². The van der Waals surface area contributed by atoms with Gasteiger partial charge in [0.2, 0.25) is 0 Å². The number of halogens is 1. The molecule has 64 valence electrons. The van der Waals surface area contributed by atoms with Crippen molar-refractivity contribution in [2.45, 2.75) is 13.5 Å². The van der Waals surface area contributed by atoms with Crippen LogP contribution in [-0.4, -0.2) is 11.0 Å². The maximum Gasteiger partial charge on any atom is 0.302 e. The first-order chi connectivity index (χ1) is 5.68. The van der Waals surface area contributed by atoms with Gasteiger partial charge in [-0.1, -0.05) is 0 Å². The van der Waals surface area contributed by atoms with Gasteiger partial charge in [-0.05, 0) is 6.07 Å². The van der Waals surface area contributed by atoms with Crippen LogP contribution in [0.5, 0.6) is 0 Å². The van der Waals surface area contributed by atoms with Gasteiger partial charge in [-0.15, -0.1) is 0 Å². The van der Waals surface area contributed by atoms with Gasteiger partial charge in [-0.2, -0.15) is 0 Å². The number of ether oxygens (including phenoxy) is 1. The second-order valence-corrected chi connectivity index (χ2v) is 2.29. The van der Waals surface area contributed by atoms with Crippen molar-refractivity contribution in [2.75, 3.05) is 0 Å². The first-order valence-electron chi connectivity index (χ1n) is 3.41. The molecule has 0 fully saturated rings. The summed E-state index contributed by atoms with van der Waals surface area (Å²) in [6.45, 7) is 1.37. The van der Waals surface area contributed by atoms with Crippen LogP contribution < -0.4 is 0 Å². The van der Waals surface area contributed by atoms with E-state index in [0.29, 0.717) is 5.56 Å². The molecule has 0 unspecified atom stereocenters. The van der Waals surface area contributed by atoms with Crippen molar-refractivity contribution >= 4 is 5.97 Å². The number of esters is 1. The largest absolute Gasteiger partial charge is 0.461 e. The standard InChI is InChI=1S/C8H8FNO2/c1-6(11)12-5-7-2-8(9)4-10-3-7/h2-4H,5H2,1H3. The summed E-state index contributed by atoms with van der Waals surface area (Å²) in [7, 11) is 0. The normalized spacial score (nSPS) is 9.50. The monoisotopic (exact) mass is 169 g/mol. The molecule has 0 aliphatic rings. The molecule has 0 radical (unpaired) electrons. The van der Waals surface area contributed by atoms with Crippen molar-refractivity contribution in [3.05, 3.63) is 29.8 Å². The lowest BCUT2D eigenvalue weighted by molar-refractivity contribution is -0.142. The second kappa shape index (κ2) is 3.80. The number of hydrogen-bond donors (Lipinski definition) is 0. The molecule has 0 atom stereocenters. The molecule has 4 heteroatoms. The molecule has 1 heterocycles. The fraction of sp³-hybridized carbons (Fsp3) is 0.250. The summed E-state index contributed by atoms with van der Waals surface area (Å²) < 4.78 is 17.1. The van der Waals surface area contributed by atoms with Crippen molar-refractivity contribution in [2.24, 2.45) is 0 Å². The predicted octanol–water partition coefficient (Wildman–Crippen LogP) is 1.28. The Balaban J connectivity index is 2.57. The Morgan fingerprint density at radius 2 is 2.42 bits per heavy atom. The highest BCUT2D eigenvalue weighted by molar-refractivity contribution is 5.65. The predicted molar refractivity (Wildman–Crippen MR) is 39.7 cm³/mol. The molecule has 3 nitrogen and oxygen atoms in total. The van der Waals surface area contributed by atoms with Gasteiger partial charge in [-0.25, -0.2) is 4.39 Å². The van der Waals surface area contributed by atoms with Gasteiger partial charge >= 0.3 is 5.97 Å². The third-order valence-electron chi connectivity index (χ3n) is 1.20. The number of hydrogen-bond acceptors (Lipinski definition) is 3. The van der Waals surface area contributed by atoms with E-state index in [2.05, 4.69) is 9.72 Å². The molecule has 0 amide bonds. The summed E-state index contributed by atoms with van der Waals surface area (Å²) in [5, 5.41) is 0. The van der Waals surface area contributed by atoms with E-state index in [-0.39, 0.29) is 12.6 Å². The lowest BCUT2D eigenvalue weighted by Crippen LogP contribution is -1.99. The molecule has 0 aromatic carbocycles. The average Bonchev–Trinajstić information content (AvgIpc) is 2.01. The number of aromatic nitrogens is 1. The number of rotatable bonds is 2. The molecule has 1 aromatic heterocycles. The Labute approximate surface area is 69.2 Å². The molecule has 12 heavy (non-hydrogen) atoms. The molecular formula is C8H8FNO2. The van der Waals surface area contributed by atoms with E-state index in [1.807, 2.05) is 0 Å². The van der Waals surface area contributed by atoms with Crippen LogP contribution in [0.1, 0.15) is 12.5 Å². The van der Waals surface area contributed by atoms with Crippen LogP contribution in [0.4, 0.5) is 4.39 Å². The number of carbonyl (C=O) groups is 1. The van der Waals surface area contributed by atoms with Crippen LogP contribution in [0.15, 0.2) is 18.5 Å². The van der Waals surface area contributed by atoms with E-state index in [1.165, 1.54) is 19.2 Å². The maximum atomic E-state index is 12.5. The first kappa shape index (κ1) is 8.64. The Morgan fingerprint density at radius 1 is 1.67 bits per heavy atom. The van der Waals surface area contributed by atoms with E-state index in [9.17, 15) is 9.18 Å². The third-order valence-corrected chi connectivity index (χ3v) is 1.20. The Bertz CT molecular complexity index is 288. The van der Waals surface area contributed by atoms with Gasteiger partial charge < -0.3 is 4.74 Å². The Hall–Kier alpha value is -1.45. The maximum absolute atomic E-state index is 12.5. The summed E-state index contributed by atoms with van der Waals surface area (Å²) in [6.07, 6.45) is 2.54. The van der Waals surface area contributed by atoms with Gasteiger partial charge in [0.05, 0.1) is 6.20 Å². The fourth-order valence-corrected chi connectivity index (χ4v) is 0.720. The summed E-state index contributed by atoms with van der Waals surface area (Å²) in [6, 6.07) is 1.27. The topological polar surface area (TPSA) is 39.2 Å². The summed E-state index contributed by atoms with van der Waals surface area (Å²) in [5.74, 6) is -0.820. The van der Waals surface area contributed by atoms with E-state index in [4.69, 9.17) is 0 Å². The number of pyridine rings is 1. The molecule has 0 bridgehead atoms. The number of nitrogens with zero attached hydrogens (tertiary/aromatic N) is 1. The molecule has 1 rings (SSSR count). The molecule has 0 aliphatic heterocycles. The van der Waals surface area contributed by atoms with E-state index in [1.54, 1.807) is 0 Å². The molecular weight excluding hydrogens is 161 g/mol. The third kappa shape index (κ3) is 2.65. The lowest BCUT2D eigenvalue weighted by atomic mass is 10.3. The molecule has 0 spiro atoms. The molecule has 0 saturated carbocycles. The molecule has 0 saturated heterocycles. The van der Waals surface area contributed by atoms with Crippen molar-refractivity contribution in [1.82, 2.24) is 4.98 Å². The van der Waals surface area contributed by atoms with Crippen LogP contribution in [0, 0.1) is 5.82 Å². The van der Waals surface area contributed by atoms with Crippen molar-refractivity contribution in [3.8, 4) is 0 Å². The minimum Gasteiger partial charge on any atom is -0.461 e. The van der Waals surface area contributed by atoms with Crippen molar-refractivity contribution in [1.29, 1.82) is 0 Å². The summed E-state index contributed by atoms with van der Waals surface area (Å²) >= 11 is 0.